The quantitative estimate of drug-likeness (QED) is 0.663. The third-order valence-electron chi connectivity index (χ3n) is 5.50. The Hall–Kier alpha value is -2.22. The lowest BCUT2D eigenvalue weighted by Gasteiger charge is -2.36. The summed E-state index contributed by atoms with van der Waals surface area (Å²) in [6.07, 6.45) is 0. The van der Waals surface area contributed by atoms with Crippen LogP contribution in [0.2, 0.25) is 0 Å². The van der Waals surface area contributed by atoms with Gasteiger partial charge in [-0.1, -0.05) is 6.07 Å². The fraction of sp³-hybridized carbons (Fsp3) is 0.429. The molecule has 1 atom stereocenters. The van der Waals surface area contributed by atoms with Crippen LogP contribution in [0.15, 0.2) is 35.7 Å². The lowest BCUT2D eigenvalue weighted by atomic mass is 10.1. The molecule has 0 saturated carbocycles. The van der Waals surface area contributed by atoms with E-state index < -0.39 is 0 Å². The van der Waals surface area contributed by atoms with Gasteiger partial charge in [-0.2, -0.15) is 0 Å². The largest absolute Gasteiger partial charge is 0.379 e. The maximum absolute atomic E-state index is 13.1. The number of hydrogen-bond donors (Lipinski definition) is 0. The smallest absolute Gasteiger partial charge is 0.253 e. The molecule has 0 radical (unpaired) electrons. The normalized spacial score (nSPS) is 16.4. The molecule has 0 spiro atoms. The average molecular weight is 399 g/mol. The van der Waals surface area contributed by atoms with E-state index in [1.54, 1.807) is 11.3 Å². The second-order valence-corrected chi connectivity index (χ2v) is 8.27. The Morgan fingerprint density at radius 3 is 2.82 bits per heavy atom. The van der Waals surface area contributed by atoms with Gasteiger partial charge in [0, 0.05) is 44.2 Å². The van der Waals surface area contributed by atoms with E-state index >= 15 is 0 Å². The highest BCUT2D eigenvalue weighted by molar-refractivity contribution is 7.10. The number of imidazole rings is 1. The minimum atomic E-state index is 0.0278. The molecule has 3 aromatic rings. The number of likely N-dealkylation sites (N-methyl/N-ethyl adjacent to an activating group) is 1. The molecule has 28 heavy (non-hydrogen) atoms. The first kappa shape index (κ1) is 19.1. The number of morpholine rings is 1. The summed E-state index contributed by atoms with van der Waals surface area (Å²) in [6, 6.07) is 10.2. The van der Waals surface area contributed by atoms with Gasteiger partial charge in [0.25, 0.3) is 5.91 Å². The Morgan fingerprint density at radius 1 is 1.32 bits per heavy atom. The van der Waals surface area contributed by atoms with Gasteiger partial charge in [-0.3, -0.25) is 9.69 Å². The first-order valence-electron chi connectivity index (χ1n) is 9.58. The number of benzene rings is 1. The molecule has 2 aromatic heterocycles. The summed E-state index contributed by atoms with van der Waals surface area (Å²) < 4.78 is 7.55. The zero-order valence-electron chi connectivity index (χ0n) is 16.6. The Kier molecular flexibility index (Phi) is 5.48. The van der Waals surface area contributed by atoms with Crippen molar-refractivity contribution in [1.82, 2.24) is 19.4 Å². The number of fused-ring (bicyclic) bond motifs is 1. The molecule has 4 rings (SSSR count). The number of aromatic nitrogens is 2. The van der Waals surface area contributed by atoms with E-state index in [0.717, 1.165) is 43.2 Å². The molecule has 0 aliphatic carbocycles. The minimum Gasteiger partial charge on any atom is -0.379 e. The number of thiophene rings is 1. The predicted octanol–water partition coefficient (Wildman–Crippen LogP) is 3.09. The molecule has 1 saturated heterocycles. The summed E-state index contributed by atoms with van der Waals surface area (Å²) in [5, 5.41) is 2.10. The summed E-state index contributed by atoms with van der Waals surface area (Å²) in [5.41, 5.74) is 2.59. The fourth-order valence-electron chi connectivity index (χ4n) is 3.77. The van der Waals surface area contributed by atoms with Gasteiger partial charge in [0.05, 0.1) is 30.3 Å². The molecule has 1 aliphatic rings. The van der Waals surface area contributed by atoms with Crippen molar-refractivity contribution in [2.45, 2.75) is 13.0 Å². The van der Waals surface area contributed by atoms with E-state index in [1.807, 2.05) is 48.7 Å². The molecular formula is C21H26N4O2S. The second-order valence-electron chi connectivity index (χ2n) is 7.29. The number of ether oxygens (including phenoxy) is 1. The number of hydrogen-bond acceptors (Lipinski definition) is 5. The summed E-state index contributed by atoms with van der Waals surface area (Å²) in [7, 11) is 3.88. The van der Waals surface area contributed by atoms with Crippen LogP contribution >= 0.6 is 11.3 Å². The summed E-state index contributed by atoms with van der Waals surface area (Å²) >= 11 is 1.75. The number of carbonyl (C=O) groups excluding carboxylic acids is 1. The van der Waals surface area contributed by atoms with Gasteiger partial charge in [0.2, 0.25) is 0 Å². The Labute approximate surface area is 169 Å². The lowest BCUT2D eigenvalue weighted by Crippen LogP contribution is -2.44. The maximum Gasteiger partial charge on any atom is 0.253 e. The van der Waals surface area contributed by atoms with Crippen LogP contribution in [0.5, 0.6) is 0 Å². The third kappa shape index (κ3) is 3.70. The number of aryl methyl sites for hydroxylation is 2. The van der Waals surface area contributed by atoms with Crippen LogP contribution in [0, 0.1) is 6.92 Å². The monoisotopic (exact) mass is 398 g/mol. The molecule has 7 heteroatoms. The highest BCUT2D eigenvalue weighted by Crippen LogP contribution is 2.27. The topological polar surface area (TPSA) is 50.6 Å². The van der Waals surface area contributed by atoms with Crippen molar-refractivity contribution in [2.24, 2.45) is 7.05 Å². The van der Waals surface area contributed by atoms with E-state index in [0.29, 0.717) is 12.1 Å². The molecule has 1 amide bonds. The minimum absolute atomic E-state index is 0.0278. The van der Waals surface area contributed by atoms with Crippen LogP contribution in [0.4, 0.5) is 0 Å². The van der Waals surface area contributed by atoms with Gasteiger partial charge < -0.3 is 14.2 Å². The van der Waals surface area contributed by atoms with Crippen LogP contribution in [0.3, 0.4) is 0 Å². The van der Waals surface area contributed by atoms with E-state index in [2.05, 4.69) is 27.4 Å². The predicted molar refractivity (Wildman–Crippen MR) is 112 cm³/mol. The summed E-state index contributed by atoms with van der Waals surface area (Å²) in [6.45, 7) is 5.90. The molecular weight excluding hydrogens is 372 g/mol. The molecule has 3 heterocycles. The van der Waals surface area contributed by atoms with Crippen LogP contribution in [-0.2, 0) is 11.8 Å². The number of amides is 1. The summed E-state index contributed by atoms with van der Waals surface area (Å²) in [5.74, 6) is 0.970. The lowest BCUT2D eigenvalue weighted by molar-refractivity contribution is 0.0104. The van der Waals surface area contributed by atoms with Crippen LogP contribution in [0.25, 0.3) is 11.0 Å². The number of nitrogens with zero attached hydrogens (tertiary/aromatic N) is 4. The van der Waals surface area contributed by atoms with Gasteiger partial charge in [-0.15, -0.1) is 11.3 Å². The molecule has 1 aliphatic heterocycles. The van der Waals surface area contributed by atoms with Crippen molar-refractivity contribution in [3.8, 4) is 0 Å². The van der Waals surface area contributed by atoms with Gasteiger partial charge in [-0.25, -0.2) is 4.98 Å². The highest BCUT2D eigenvalue weighted by atomic mass is 32.1. The second kappa shape index (κ2) is 8.03. The van der Waals surface area contributed by atoms with Gasteiger partial charge in [0.1, 0.15) is 5.82 Å². The Bertz CT molecular complexity index is 960. The number of carbonyl (C=O) groups is 1. The Balaban J connectivity index is 1.55. The molecule has 1 aromatic carbocycles. The Morgan fingerprint density at radius 2 is 2.11 bits per heavy atom. The molecule has 1 fully saturated rings. The molecule has 6 nitrogen and oxygen atoms in total. The zero-order valence-corrected chi connectivity index (χ0v) is 17.4. The molecule has 0 N–H and O–H groups in total. The van der Waals surface area contributed by atoms with Crippen molar-refractivity contribution in [3.63, 3.8) is 0 Å². The van der Waals surface area contributed by atoms with Crippen molar-refractivity contribution in [2.75, 3.05) is 39.9 Å². The standard InChI is InChI=1S/C21H26N4O2S/c1-15-22-17-13-16(6-7-18(17)24(15)3)21(26)23(2)14-19(20-5-4-12-28-20)25-8-10-27-11-9-25/h4-7,12-13,19H,8-11,14H2,1-3H3/t19-/m1/s1. The number of rotatable bonds is 5. The van der Waals surface area contributed by atoms with E-state index in [9.17, 15) is 4.79 Å². The molecule has 0 bridgehead atoms. The van der Waals surface area contributed by atoms with Gasteiger partial charge in [0.15, 0.2) is 0 Å². The summed E-state index contributed by atoms with van der Waals surface area (Å²) in [4.78, 5) is 23.2. The van der Waals surface area contributed by atoms with Crippen LogP contribution in [0.1, 0.15) is 27.1 Å². The first-order chi connectivity index (χ1) is 13.5. The molecule has 148 valence electrons. The first-order valence-corrected chi connectivity index (χ1v) is 10.5. The zero-order chi connectivity index (χ0) is 19.7. The van der Waals surface area contributed by atoms with Crippen molar-refractivity contribution in [1.29, 1.82) is 0 Å². The van der Waals surface area contributed by atoms with Crippen LogP contribution < -0.4 is 0 Å². The van der Waals surface area contributed by atoms with Crippen molar-refractivity contribution >= 4 is 28.3 Å². The van der Waals surface area contributed by atoms with Gasteiger partial charge >= 0.3 is 0 Å². The van der Waals surface area contributed by atoms with Gasteiger partial charge in [-0.05, 0) is 36.6 Å². The SMILES string of the molecule is Cc1nc2cc(C(=O)N(C)C[C@H](c3cccs3)N3CCOCC3)ccc2n1C. The van der Waals surface area contributed by atoms with Crippen molar-refractivity contribution in [3.05, 3.63) is 52.0 Å². The highest BCUT2D eigenvalue weighted by Gasteiger charge is 2.26. The fourth-order valence-corrected chi connectivity index (χ4v) is 4.62. The molecule has 0 unspecified atom stereocenters. The van der Waals surface area contributed by atoms with Crippen molar-refractivity contribution < 1.29 is 9.53 Å². The van der Waals surface area contributed by atoms with E-state index in [4.69, 9.17) is 4.74 Å². The average Bonchev–Trinajstić information content (AvgIpc) is 3.34. The van der Waals surface area contributed by atoms with Crippen LogP contribution in [-0.4, -0.2) is 65.2 Å². The van der Waals surface area contributed by atoms with E-state index in [-0.39, 0.29) is 11.9 Å². The van der Waals surface area contributed by atoms with E-state index in [1.165, 1.54) is 4.88 Å². The third-order valence-corrected chi connectivity index (χ3v) is 6.48. The maximum atomic E-state index is 13.1.